The van der Waals surface area contributed by atoms with Crippen molar-refractivity contribution < 1.29 is 13.3 Å². The first-order chi connectivity index (χ1) is 10.2. The summed E-state index contributed by atoms with van der Waals surface area (Å²) in [7, 11) is -1.83. The highest BCUT2D eigenvalue weighted by molar-refractivity contribution is 7.92. The minimum absolute atomic E-state index is 0.0276. The van der Waals surface area contributed by atoms with Crippen LogP contribution in [0.2, 0.25) is 5.02 Å². The maximum absolute atomic E-state index is 11.6. The Morgan fingerprint density at radius 2 is 2.00 bits per heavy atom. The molecule has 0 fully saturated rings. The molecule has 0 aliphatic rings. The first kappa shape index (κ1) is 16.7. The first-order valence-electron chi connectivity index (χ1n) is 6.13. The van der Waals surface area contributed by atoms with Crippen molar-refractivity contribution in [3.63, 3.8) is 0 Å². The van der Waals surface area contributed by atoms with Crippen LogP contribution < -0.4 is 4.90 Å². The molecule has 0 unspecified atom stereocenters. The lowest BCUT2D eigenvalue weighted by Gasteiger charge is -2.17. The molecule has 2 aromatic rings. The number of benzene rings is 1. The van der Waals surface area contributed by atoms with E-state index in [-0.39, 0.29) is 14.9 Å². The number of hydrogen-bond acceptors (Lipinski definition) is 6. The summed E-state index contributed by atoms with van der Waals surface area (Å²) in [6, 6.07) is 8.25. The van der Waals surface area contributed by atoms with E-state index in [2.05, 4.69) is 0 Å². The van der Waals surface area contributed by atoms with Gasteiger partial charge in [-0.15, -0.1) is 0 Å². The summed E-state index contributed by atoms with van der Waals surface area (Å²) in [6.07, 6.45) is 1.03. The first-order valence-corrected chi connectivity index (χ1v) is 9.21. The van der Waals surface area contributed by atoms with Crippen LogP contribution in [0.3, 0.4) is 0 Å². The Balaban J connectivity index is 2.41. The average molecular weight is 361 g/mol. The Hall–Kier alpha value is -1.64. The molecule has 22 heavy (non-hydrogen) atoms. The quantitative estimate of drug-likeness (QED) is 0.603. The second-order valence-electron chi connectivity index (χ2n) is 4.73. The number of sulfone groups is 1. The molecule has 0 aliphatic heterocycles. The maximum Gasteiger partial charge on any atom is 0.305 e. The number of rotatable bonds is 5. The molecule has 118 valence electrons. The molecule has 0 bridgehead atoms. The van der Waals surface area contributed by atoms with Crippen LogP contribution in [0.1, 0.15) is 5.56 Å². The van der Waals surface area contributed by atoms with Gasteiger partial charge in [0.15, 0.2) is 14.8 Å². The van der Waals surface area contributed by atoms with Gasteiger partial charge in [-0.25, -0.2) is 8.42 Å². The van der Waals surface area contributed by atoms with E-state index in [1.807, 2.05) is 12.1 Å². The topological polar surface area (TPSA) is 80.5 Å². The van der Waals surface area contributed by atoms with Gasteiger partial charge in [0.05, 0.1) is 4.92 Å². The Morgan fingerprint density at radius 1 is 1.36 bits per heavy atom. The van der Waals surface area contributed by atoms with Crippen molar-refractivity contribution in [2.75, 3.05) is 18.2 Å². The molecule has 0 amide bonds. The molecule has 0 saturated carbocycles. The van der Waals surface area contributed by atoms with Gasteiger partial charge in [-0.3, -0.25) is 10.1 Å². The summed E-state index contributed by atoms with van der Waals surface area (Å²) in [6.45, 7) is 0.338. The molecular weight excluding hydrogens is 348 g/mol. The number of nitrogens with zero attached hydrogens (tertiary/aromatic N) is 2. The van der Waals surface area contributed by atoms with E-state index < -0.39 is 14.8 Å². The van der Waals surface area contributed by atoms with E-state index in [9.17, 15) is 18.5 Å². The lowest BCUT2D eigenvalue weighted by molar-refractivity contribution is -0.383. The highest BCUT2D eigenvalue weighted by Gasteiger charge is 2.26. The van der Waals surface area contributed by atoms with Crippen molar-refractivity contribution in [3.8, 4) is 0 Å². The highest BCUT2D eigenvalue weighted by Crippen LogP contribution is 2.40. The van der Waals surface area contributed by atoms with Gasteiger partial charge in [0.25, 0.3) is 0 Å². The number of hydrogen-bond donors (Lipinski definition) is 0. The number of nitro groups is 1. The molecule has 0 aliphatic carbocycles. The molecule has 1 aromatic heterocycles. The summed E-state index contributed by atoms with van der Waals surface area (Å²) < 4.78 is 23.2. The summed E-state index contributed by atoms with van der Waals surface area (Å²) in [5.74, 6) is 0. The predicted octanol–water partition coefficient (Wildman–Crippen LogP) is 3.35. The highest BCUT2D eigenvalue weighted by atomic mass is 35.5. The fourth-order valence-corrected chi connectivity index (χ4v) is 4.07. The van der Waals surface area contributed by atoms with Gasteiger partial charge in [0.1, 0.15) is 4.21 Å². The zero-order valence-corrected chi connectivity index (χ0v) is 14.2. The average Bonchev–Trinajstić information content (AvgIpc) is 2.86. The maximum atomic E-state index is 11.6. The molecular formula is C13H13ClN2O4S2. The fraction of sp³-hybridized carbons (Fsp3) is 0.231. The summed E-state index contributed by atoms with van der Waals surface area (Å²) in [4.78, 5) is 12.2. The molecule has 1 heterocycles. The van der Waals surface area contributed by atoms with Crippen molar-refractivity contribution in [2.24, 2.45) is 0 Å². The van der Waals surface area contributed by atoms with Crippen LogP contribution in [0.5, 0.6) is 0 Å². The Bertz CT molecular complexity index is 817. The zero-order valence-electron chi connectivity index (χ0n) is 11.8. The molecule has 0 atom stereocenters. The predicted molar refractivity (Wildman–Crippen MR) is 87.6 cm³/mol. The van der Waals surface area contributed by atoms with Crippen molar-refractivity contribution in [3.05, 3.63) is 51.0 Å². The van der Waals surface area contributed by atoms with Crippen LogP contribution in [-0.4, -0.2) is 26.6 Å². The lowest BCUT2D eigenvalue weighted by Crippen LogP contribution is -2.16. The second kappa shape index (κ2) is 6.23. The minimum atomic E-state index is -3.49. The Labute approximate surface area is 137 Å². The molecule has 2 rings (SSSR count). The number of halogens is 1. The number of anilines is 1. The monoisotopic (exact) mass is 360 g/mol. The normalized spacial score (nSPS) is 11.4. The van der Waals surface area contributed by atoms with Crippen molar-refractivity contribution >= 4 is 43.5 Å². The van der Waals surface area contributed by atoms with Crippen LogP contribution in [0.25, 0.3) is 0 Å². The summed E-state index contributed by atoms with van der Waals surface area (Å²) in [5.41, 5.74) is 0.579. The van der Waals surface area contributed by atoms with Gasteiger partial charge >= 0.3 is 5.69 Å². The van der Waals surface area contributed by atoms with Crippen LogP contribution in [0.4, 0.5) is 10.7 Å². The van der Waals surface area contributed by atoms with E-state index >= 15 is 0 Å². The van der Waals surface area contributed by atoms with Gasteiger partial charge in [-0.05, 0) is 11.6 Å². The van der Waals surface area contributed by atoms with E-state index in [1.54, 1.807) is 24.1 Å². The standard InChI is InChI=1S/C13H13ClN2O4S2/c1-15(8-9-5-3-4-6-10(9)14)13-11(16(17)18)7-12(21-13)22(2,19)20/h3-7H,8H2,1-2H3. The third kappa shape index (κ3) is 3.57. The van der Waals surface area contributed by atoms with Crippen LogP contribution in [0.15, 0.2) is 34.5 Å². The van der Waals surface area contributed by atoms with E-state index in [0.717, 1.165) is 29.2 Å². The largest absolute Gasteiger partial charge is 0.356 e. The van der Waals surface area contributed by atoms with Crippen molar-refractivity contribution in [1.82, 2.24) is 0 Å². The molecule has 0 N–H and O–H groups in total. The lowest BCUT2D eigenvalue weighted by atomic mass is 10.2. The van der Waals surface area contributed by atoms with Gasteiger partial charge in [0, 0.05) is 30.9 Å². The minimum Gasteiger partial charge on any atom is -0.356 e. The van der Waals surface area contributed by atoms with E-state index in [0.29, 0.717) is 11.6 Å². The van der Waals surface area contributed by atoms with Crippen LogP contribution >= 0.6 is 22.9 Å². The van der Waals surface area contributed by atoms with Gasteiger partial charge in [-0.2, -0.15) is 0 Å². The van der Waals surface area contributed by atoms with Crippen molar-refractivity contribution in [2.45, 2.75) is 10.8 Å². The Kier molecular flexibility index (Phi) is 4.74. The molecule has 9 heteroatoms. The Morgan fingerprint density at radius 3 is 2.55 bits per heavy atom. The van der Waals surface area contributed by atoms with Gasteiger partial charge < -0.3 is 4.90 Å². The van der Waals surface area contributed by atoms with E-state index in [1.165, 1.54) is 0 Å². The van der Waals surface area contributed by atoms with Crippen LogP contribution in [-0.2, 0) is 16.4 Å². The summed E-state index contributed by atoms with van der Waals surface area (Å²) >= 11 is 6.96. The SMILES string of the molecule is CN(Cc1ccccc1Cl)c1sc(S(C)(=O)=O)cc1[N+](=O)[O-]. The van der Waals surface area contributed by atoms with Crippen LogP contribution in [0, 0.1) is 10.1 Å². The zero-order chi connectivity index (χ0) is 16.5. The molecule has 0 spiro atoms. The van der Waals surface area contributed by atoms with Gasteiger partial charge in [-0.1, -0.05) is 41.1 Å². The van der Waals surface area contributed by atoms with E-state index in [4.69, 9.17) is 11.6 Å². The van der Waals surface area contributed by atoms with Gasteiger partial charge in [0.2, 0.25) is 0 Å². The molecule has 0 radical (unpaired) electrons. The smallest absolute Gasteiger partial charge is 0.305 e. The molecule has 0 saturated heterocycles. The molecule has 6 nitrogen and oxygen atoms in total. The second-order valence-corrected chi connectivity index (χ2v) is 8.41. The fourth-order valence-electron chi connectivity index (χ4n) is 1.89. The van der Waals surface area contributed by atoms with Crippen molar-refractivity contribution in [1.29, 1.82) is 0 Å². The summed E-state index contributed by atoms with van der Waals surface area (Å²) in [5, 5.41) is 12.0. The molecule has 1 aromatic carbocycles. The third-order valence-corrected chi connectivity index (χ3v) is 6.35. The third-order valence-electron chi connectivity index (χ3n) is 2.95. The number of thiophene rings is 1.